The van der Waals surface area contributed by atoms with Crippen LogP contribution in [0.5, 0.6) is 0 Å². The van der Waals surface area contributed by atoms with Crippen LogP contribution in [0.15, 0.2) is 82.8 Å². The number of aliphatic hydroxyl groups is 1. The first-order valence-electron chi connectivity index (χ1n) is 14.9. The first-order valence-corrected chi connectivity index (χ1v) is 14.9. The molecule has 4 heterocycles. The Morgan fingerprint density at radius 1 is 1.05 bits per heavy atom. The molecule has 0 spiro atoms. The predicted octanol–water partition coefficient (Wildman–Crippen LogP) is 4.41. The summed E-state index contributed by atoms with van der Waals surface area (Å²) in [6.45, 7) is 3.29. The molecule has 44 heavy (non-hydrogen) atoms. The van der Waals surface area contributed by atoms with Crippen LogP contribution < -0.4 is 26.7 Å². The molecule has 1 saturated carbocycles. The molecule has 1 saturated heterocycles. The van der Waals surface area contributed by atoms with Crippen LogP contribution in [0.1, 0.15) is 29.9 Å². The molecule has 7 rings (SSSR count). The number of fused-ring (bicyclic) bond motifs is 1. The number of pyridine rings is 3. The fourth-order valence-corrected chi connectivity index (χ4v) is 6.09. The number of aromatic nitrogens is 3. The van der Waals surface area contributed by atoms with Crippen molar-refractivity contribution in [2.45, 2.75) is 25.4 Å². The number of aryl methyl sites for hydroxylation is 1. The molecule has 5 aromatic rings. The average molecular weight is 593 g/mol. The Morgan fingerprint density at radius 2 is 1.86 bits per heavy atom. The number of aliphatic hydroxyl groups excluding tert-OH is 1. The maximum atomic E-state index is 15.2. The van der Waals surface area contributed by atoms with Crippen molar-refractivity contribution < 1.29 is 9.50 Å². The summed E-state index contributed by atoms with van der Waals surface area (Å²) in [5, 5.41) is 17.6. The van der Waals surface area contributed by atoms with Crippen LogP contribution in [0.2, 0.25) is 0 Å². The van der Waals surface area contributed by atoms with Gasteiger partial charge in [0.1, 0.15) is 17.3 Å². The Hall–Kier alpha value is -4.80. The van der Waals surface area contributed by atoms with E-state index in [-0.39, 0.29) is 17.6 Å². The highest BCUT2D eigenvalue weighted by molar-refractivity contribution is 5.84. The molecule has 0 radical (unpaired) electrons. The average Bonchev–Trinajstić information content (AvgIpc) is 3.89. The van der Waals surface area contributed by atoms with Crippen LogP contribution >= 0.6 is 0 Å². The zero-order valence-corrected chi connectivity index (χ0v) is 24.4. The van der Waals surface area contributed by atoms with Gasteiger partial charge in [0, 0.05) is 56.7 Å². The molecule has 1 aliphatic carbocycles. The van der Waals surface area contributed by atoms with Gasteiger partial charge in [-0.05, 0) is 71.7 Å². The largest absolute Gasteiger partial charge is 0.392 e. The van der Waals surface area contributed by atoms with E-state index in [4.69, 9.17) is 0 Å². The molecular formula is C34H33FN6O3. The second-order valence-corrected chi connectivity index (χ2v) is 11.5. The van der Waals surface area contributed by atoms with Crippen LogP contribution in [0.3, 0.4) is 0 Å². The summed E-state index contributed by atoms with van der Waals surface area (Å²) >= 11 is 0. The third kappa shape index (κ3) is 5.16. The highest BCUT2D eigenvalue weighted by Gasteiger charge is 2.25. The Balaban J connectivity index is 1.25. The molecule has 224 valence electrons. The van der Waals surface area contributed by atoms with Gasteiger partial charge in [-0.2, -0.15) is 0 Å². The fourth-order valence-electron chi connectivity index (χ4n) is 6.09. The van der Waals surface area contributed by atoms with Crippen LogP contribution in [0.25, 0.3) is 27.6 Å². The summed E-state index contributed by atoms with van der Waals surface area (Å²) in [4.78, 5) is 33.5. The lowest BCUT2D eigenvalue weighted by Gasteiger charge is -2.29. The van der Waals surface area contributed by atoms with Gasteiger partial charge in [0.05, 0.1) is 29.6 Å². The smallest absolute Gasteiger partial charge is 0.274 e. The molecule has 0 unspecified atom stereocenters. The van der Waals surface area contributed by atoms with Crippen molar-refractivity contribution in [2.24, 2.45) is 7.05 Å². The van der Waals surface area contributed by atoms with E-state index in [0.29, 0.717) is 45.2 Å². The number of hydrogen-bond donors (Lipinski definition) is 3. The van der Waals surface area contributed by atoms with Gasteiger partial charge in [-0.15, -0.1) is 0 Å². The van der Waals surface area contributed by atoms with E-state index in [1.807, 2.05) is 24.3 Å². The first kappa shape index (κ1) is 28.0. The van der Waals surface area contributed by atoms with Crippen LogP contribution in [-0.4, -0.2) is 45.4 Å². The highest BCUT2D eigenvalue weighted by atomic mass is 19.1. The van der Waals surface area contributed by atoms with Gasteiger partial charge >= 0.3 is 0 Å². The van der Waals surface area contributed by atoms with Crippen LogP contribution in [0, 0.1) is 5.82 Å². The molecule has 0 atom stereocenters. The number of hydrogen-bond acceptors (Lipinski definition) is 7. The van der Waals surface area contributed by atoms with E-state index in [1.165, 1.54) is 15.2 Å². The first-order chi connectivity index (χ1) is 21.4. The Morgan fingerprint density at radius 3 is 2.59 bits per heavy atom. The van der Waals surface area contributed by atoms with Crippen molar-refractivity contribution >= 4 is 28.0 Å². The summed E-state index contributed by atoms with van der Waals surface area (Å²) in [6, 6.07) is 16.0. The summed E-state index contributed by atoms with van der Waals surface area (Å²) < 4.78 is 18.1. The quantitative estimate of drug-likeness (QED) is 0.257. The number of nitrogens with one attached hydrogen (secondary N) is 2. The van der Waals surface area contributed by atoms with E-state index in [1.54, 1.807) is 49.9 Å². The number of anilines is 3. The topological polar surface area (TPSA) is 104 Å². The molecule has 2 aromatic carbocycles. The number of rotatable bonds is 7. The summed E-state index contributed by atoms with van der Waals surface area (Å²) in [7, 11) is 1.66. The van der Waals surface area contributed by atoms with E-state index in [0.717, 1.165) is 50.3 Å². The Bertz CT molecular complexity index is 1990. The van der Waals surface area contributed by atoms with Gasteiger partial charge in [0.2, 0.25) is 0 Å². The lowest BCUT2D eigenvalue weighted by Crippen LogP contribution is -2.43. The van der Waals surface area contributed by atoms with E-state index in [2.05, 4.69) is 20.5 Å². The third-order valence-corrected chi connectivity index (χ3v) is 8.58. The third-order valence-electron chi connectivity index (χ3n) is 8.58. The summed E-state index contributed by atoms with van der Waals surface area (Å²) in [6.07, 6.45) is 7.19. The van der Waals surface area contributed by atoms with Crippen LogP contribution in [-0.2, 0) is 13.7 Å². The lowest BCUT2D eigenvalue weighted by atomic mass is 9.98. The highest BCUT2D eigenvalue weighted by Crippen LogP contribution is 2.41. The summed E-state index contributed by atoms with van der Waals surface area (Å²) in [5.74, 6) is 0.361. The van der Waals surface area contributed by atoms with Crippen molar-refractivity contribution in [3.63, 3.8) is 0 Å². The van der Waals surface area contributed by atoms with Crippen LogP contribution in [0.4, 0.5) is 21.6 Å². The molecule has 1 aliphatic heterocycles. The molecule has 3 aromatic heterocycles. The monoisotopic (exact) mass is 592 g/mol. The van der Waals surface area contributed by atoms with E-state index < -0.39 is 11.4 Å². The number of benzene rings is 2. The lowest BCUT2D eigenvalue weighted by molar-refractivity contribution is 0.282. The minimum absolute atomic E-state index is 0.0234. The van der Waals surface area contributed by atoms with E-state index >= 15 is 4.39 Å². The SMILES string of the molecule is Cn1cc(-c2cccc(-n3ccc4cc(C5CC5)cc(F)c4c3=O)c2CO)cc(Nc2ccc(N3CCNCC3)cn2)c1=O. The van der Waals surface area contributed by atoms with E-state index in [9.17, 15) is 14.7 Å². The normalized spacial score (nSPS) is 15.1. The molecule has 2 aliphatic rings. The summed E-state index contributed by atoms with van der Waals surface area (Å²) in [5.41, 5.74) is 3.75. The molecular weight excluding hydrogens is 559 g/mol. The maximum absolute atomic E-state index is 15.2. The van der Waals surface area contributed by atoms with Gasteiger partial charge < -0.3 is 25.2 Å². The molecule has 0 amide bonds. The maximum Gasteiger partial charge on any atom is 0.274 e. The standard InChI is InChI=1S/C34H33FN6O3/c1-39-19-24(17-29(33(39)43)38-31-8-7-25(18-37-31)40-13-10-36-11-14-40)26-3-2-4-30(27(26)20-42)41-12-9-22-15-23(21-5-6-21)16-28(35)32(22)34(41)44/h2-4,7-9,12,15-19,21,36,42H,5-6,10-11,13-14,20H2,1H3,(H,37,38). The second-order valence-electron chi connectivity index (χ2n) is 11.5. The molecule has 10 heteroatoms. The van der Waals surface area contributed by atoms with Crippen molar-refractivity contribution in [1.29, 1.82) is 0 Å². The molecule has 3 N–H and O–H groups in total. The number of piperazine rings is 1. The van der Waals surface area contributed by atoms with Gasteiger partial charge in [0.15, 0.2) is 0 Å². The van der Waals surface area contributed by atoms with Gasteiger partial charge in [-0.3, -0.25) is 14.2 Å². The zero-order valence-electron chi connectivity index (χ0n) is 24.4. The Labute approximate surface area is 253 Å². The minimum atomic E-state index is -0.534. The number of halogens is 1. The minimum Gasteiger partial charge on any atom is -0.392 e. The number of nitrogens with zero attached hydrogens (tertiary/aromatic N) is 4. The zero-order chi connectivity index (χ0) is 30.4. The van der Waals surface area contributed by atoms with Crippen molar-refractivity contribution in [2.75, 3.05) is 36.4 Å². The van der Waals surface area contributed by atoms with Gasteiger partial charge in [-0.25, -0.2) is 9.37 Å². The van der Waals surface area contributed by atoms with Gasteiger partial charge in [-0.1, -0.05) is 18.2 Å². The predicted molar refractivity (Wildman–Crippen MR) is 171 cm³/mol. The molecule has 9 nitrogen and oxygen atoms in total. The molecule has 0 bridgehead atoms. The van der Waals surface area contributed by atoms with Crippen molar-refractivity contribution in [3.8, 4) is 16.8 Å². The van der Waals surface area contributed by atoms with Crippen molar-refractivity contribution in [3.05, 3.63) is 111 Å². The van der Waals surface area contributed by atoms with Gasteiger partial charge in [0.25, 0.3) is 11.1 Å². The van der Waals surface area contributed by atoms with Crippen molar-refractivity contribution in [1.82, 2.24) is 19.4 Å². The molecule has 2 fully saturated rings. The Kier molecular flexibility index (Phi) is 7.23. The fraction of sp³-hybridized carbons (Fsp3) is 0.265. The second kappa shape index (κ2) is 11.4.